The molecule has 0 aromatic carbocycles. The molecule has 1 N–H and O–H groups in total. The van der Waals surface area contributed by atoms with E-state index in [0.717, 1.165) is 32.1 Å². The minimum Gasteiger partial charge on any atom is -0.443 e. The largest absolute Gasteiger partial charge is 0.443 e. The van der Waals surface area contributed by atoms with Crippen LogP contribution in [0, 0.1) is 5.92 Å². The average Bonchev–Trinajstić information content (AvgIpc) is 3.36. The third-order valence-electron chi connectivity index (χ3n) is 5.64. The first-order valence-electron chi connectivity index (χ1n) is 11.1. The average molecular weight is 451 g/mol. The normalized spacial score (nSPS) is 20.2. The fraction of sp³-hybridized carbons (Fsp3) is 0.714. The lowest BCUT2D eigenvalue weighted by atomic mass is 10.1. The zero-order chi connectivity index (χ0) is 22.0. The van der Waals surface area contributed by atoms with Gasteiger partial charge in [0.1, 0.15) is 11.8 Å². The Balaban J connectivity index is 1.68. The van der Waals surface area contributed by atoms with Crippen molar-refractivity contribution >= 4 is 34.7 Å². The van der Waals surface area contributed by atoms with Crippen molar-refractivity contribution in [1.29, 1.82) is 0 Å². The number of halogens is 1. The van der Waals surface area contributed by atoms with Crippen molar-refractivity contribution in [1.82, 2.24) is 24.9 Å². The number of ether oxygens (including phenoxy) is 2. The molecule has 31 heavy (non-hydrogen) atoms. The van der Waals surface area contributed by atoms with E-state index >= 15 is 0 Å². The van der Waals surface area contributed by atoms with Crippen LogP contribution < -0.4 is 10.4 Å². The van der Waals surface area contributed by atoms with Gasteiger partial charge in [0, 0.05) is 13.2 Å². The third-order valence-corrected chi connectivity index (χ3v) is 5.81. The van der Waals surface area contributed by atoms with E-state index in [1.807, 2.05) is 25.3 Å². The molecule has 10 heteroatoms. The first-order chi connectivity index (χ1) is 14.8. The molecule has 2 aromatic rings. The first-order valence-corrected chi connectivity index (χ1v) is 11.5. The molecule has 2 fully saturated rings. The Morgan fingerprint density at radius 3 is 2.68 bits per heavy atom. The molecule has 0 bridgehead atoms. The van der Waals surface area contributed by atoms with Crippen molar-refractivity contribution in [2.45, 2.75) is 77.5 Å². The summed E-state index contributed by atoms with van der Waals surface area (Å²) in [4.78, 5) is 26.0. The summed E-state index contributed by atoms with van der Waals surface area (Å²) in [5, 5.41) is 1.82. The molecule has 1 aliphatic heterocycles. The van der Waals surface area contributed by atoms with Gasteiger partial charge in [-0.15, -0.1) is 0 Å². The highest BCUT2D eigenvalue weighted by Crippen LogP contribution is 2.32. The number of nitrogens with zero attached hydrogens (tertiary/aromatic N) is 5. The second-order valence-electron chi connectivity index (χ2n) is 9.34. The highest BCUT2D eigenvalue weighted by molar-refractivity contribution is 6.28. The van der Waals surface area contributed by atoms with E-state index in [9.17, 15) is 4.79 Å². The van der Waals surface area contributed by atoms with E-state index in [4.69, 9.17) is 21.1 Å². The number of hydrogen-bond donors (Lipinski definition) is 1. The van der Waals surface area contributed by atoms with Crippen LogP contribution in [0.3, 0.4) is 0 Å². The zero-order valence-corrected chi connectivity index (χ0v) is 19.2. The Kier molecular flexibility index (Phi) is 6.52. The minimum atomic E-state index is -0.609. The lowest BCUT2D eigenvalue weighted by molar-refractivity contribution is -0.0298. The predicted molar refractivity (Wildman–Crippen MR) is 118 cm³/mol. The molecule has 3 heterocycles. The molecule has 170 valence electrons. The molecule has 2 aliphatic rings. The monoisotopic (exact) mass is 450 g/mol. The second kappa shape index (κ2) is 9.16. The smallest absolute Gasteiger partial charge is 0.426 e. The van der Waals surface area contributed by atoms with E-state index in [2.05, 4.69) is 20.4 Å². The Morgan fingerprint density at radius 1 is 1.26 bits per heavy atom. The van der Waals surface area contributed by atoms with Crippen LogP contribution in [0.25, 0.3) is 11.2 Å². The van der Waals surface area contributed by atoms with Gasteiger partial charge in [0.2, 0.25) is 5.28 Å². The molecule has 1 aliphatic carbocycles. The summed E-state index contributed by atoms with van der Waals surface area (Å²) in [6, 6.07) is 0. The molecule has 0 spiro atoms. The maximum Gasteiger partial charge on any atom is 0.426 e. The summed E-state index contributed by atoms with van der Waals surface area (Å²) in [5.41, 5.74) is 3.44. The van der Waals surface area contributed by atoms with E-state index in [1.54, 1.807) is 11.3 Å². The summed E-state index contributed by atoms with van der Waals surface area (Å²) in [5.74, 6) is 0.921. The number of carbonyl (C=O) groups is 1. The molecule has 1 saturated carbocycles. The second-order valence-corrected chi connectivity index (χ2v) is 9.67. The molecule has 9 nitrogen and oxygen atoms in total. The van der Waals surface area contributed by atoms with E-state index in [1.165, 1.54) is 12.8 Å². The number of hydrazine groups is 1. The summed E-state index contributed by atoms with van der Waals surface area (Å²) >= 11 is 6.32. The minimum absolute atomic E-state index is 0.0995. The van der Waals surface area contributed by atoms with Crippen LogP contribution in [0.5, 0.6) is 0 Å². The third kappa shape index (κ3) is 5.38. The fourth-order valence-electron chi connectivity index (χ4n) is 4.27. The summed E-state index contributed by atoms with van der Waals surface area (Å²) in [7, 11) is 0. The van der Waals surface area contributed by atoms with Gasteiger partial charge in [-0.05, 0) is 70.4 Å². The summed E-state index contributed by atoms with van der Waals surface area (Å²) in [6.07, 6.45) is 8.70. The highest BCUT2D eigenvalue weighted by atomic mass is 35.5. The number of rotatable bonds is 5. The van der Waals surface area contributed by atoms with Gasteiger partial charge in [-0.25, -0.2) is 15.2 Å². The zero-order valence-electron chi connectivity index (χ0n) is 18.4. The number of fused-ring (bicyclic) bond motifs is 1. The predicted octanol–water partition coefficient (Wildman–Crippen LogP) is 4.62. The Hall–Kier alpha value is -2.13. The number of aromatic nitrogens is 4. The van der Waals surface area contributed by atoms with Gasteiger partial charge < -0.3 is 9.47 Å². The quantitative estimate of drug-likeness (QED) is 0.524. The van der Waals surface area contributed by atoms with Crippen molar-refractivity contribution in [3.8, 4) is 0 Å². The van der Waals surface area contributed by atoms with Crippen molar-refractivity contribution < 1.29 is 14.3 Å². The van der Waals surface area contributed by atoms with Gasteiger partial charge >= 0.3 is 6.09 Å². The standard InChI is InChI=1S/C21H31ClN6O3/c1-21(2,3)31-20(29)26-28(12-14-8-4-5-9-14)18-16-17(24-19(22)25-18)27(13-23-16)15-10-6-7-11-30-15/h13-15H,4-12H2,1-3H3,(H,26,29). The van der Waals surface area contributed by atoms with Crippen LogP contribution in [-0.2, 0) is 9.47 Å². The Labute approximate surface area is 187 Å². The van der Waals surface area contributed by atoms with Gasteiger partial charge in [-0.3, -0.25) is 9.58 Å². The lowest BCUT2D eigenvalue weighted by Crippen LogP contribution is -2.47. The first kappa shape index (κ1) is 22.1. The molecular formula is C21H31ClN6O3. The Morgan fingerprint density at radius 2 is 2.00 bits per heavy atom. The number of carbonyl (C=O) groups excluding carboxylic acids is 1. The molecule has 1 saturated heterocycles. The van der Waals surface area contributed by atoms with Crippen LogP contribution in [0.2, 0.25) is 5.28 Å². The van der Waals surface area contributed by atoms with Crippen LogP contribution >= 0.6 is 11.6 Å². The van der Waals surface area contributed by atoms with Gasteiger partial charge in [0.15, 0.2) is 17.0 Å². The van der Waals surface area contributed by atoms with Gasteiger partial charge in [0.25, 0.3) is 0 Å². The van der Waals surface area contributed by atoms with Crippen LogP contribution in [0.4, 0.5) is 10.6 Å². The molecular weight excluding hydrogens is 420 g/mol. The van der Waals surface area contributed by atoms with Gasteiger partial charge in [-0.1, -0.05) is 12.8 Å². The molecule has 1 amide bonds. The number of anilines is 1. The topological polar surface area (TPSA) is 94.4 Å². The van der Waals surface area contributed by atoms with Gasteiger partial charge in [-0.2, -0.15) is 9.97 Å². The molecule has 1 unspecified atom stereocenters. The SMILES string of the molecule is CC(C)(C)OC(=O)NN(CC1CCCC1)c1nc(Cl)nc2c1ncn2C1CCCCO1. The van der Waals surface area contributed by atoms with Crippen LogP contribution in [0.1, 0.15) is 71.9 Å². The highest BCUT2D eigenvalue weighted by Gasteiger charge is 2.28. The number of imidazole rings is 1. The van der Waals surface area contributed by atoms with Gasteiger partial charge in [0.05, 0.1) is 6.33 Å². The van der Waals surface area contributed by atoms with Crippen molar-refractivity contribution in [2.75, 3.05) is 18.2 Å². The van der Waals surface area contributed by atoms with E-state index in [-0.39, 0.29) is 11.5 Å². The maximum atomic E-state index is 12.6. The van der Waals surface area contributed by atoms with E-state index < -0.39 is 11.7 Å². The van der Waals surface area contributed by atoms with Crippen LogP contribution in [0.15, 0.2) is 6.33 Å². The molecule has 1 atom stereocenters. The van der Waals surface area contributed by atoms with E-state index in [0.29, 0.717) is 36.1 Å². The molecule has 4 rings (SSSR count). The fourth-order valence-corrected chi connectivity index (χ4v) is 4.43. The van der Waals surface area contributed by atoms with Crippen molar-refractivity contribution in [2.24, 2.45) is 5.92 Å². The lowest BCUT2D eigenvalue weighted by Gasteiger charge is -2.29. The number of hydrogen-bond acceptors (Lipinski definition) is 7. The van der Waals surface area contributed by atoms with Crippen molar-refractivity contribution in [3.05, 3.63) is 11.6 Å². The summed E-state index contributed by atoms with van der Waals surface area (Å²) < 4.78 is 13.3. The molecule has 2 aromatic heterocycles. The Bertz CT molecular complexity index is 916. The maximum absolute atomic E-state index is 12.6. The number of nitrogens with one attached hydrogen (secondary N) is 1. The summed E-state index contributed by atoms with van der Waals surface area (Å²) in [6.45, 7) is 6.82. The molecule has 0 radical (unpaired) electrons. The van der Waals surface area contributed by atoms with Crippen molar-refractivity contribution in [3.63, 3.8) is 0 Å². The van der Waals surface area contributed by atoms with Crippen LogP contribution in [-0.4, -0.2) is 44.4 Å². The number of amides is 1.